The van der Waals surface area contributed by atoms with Crippen molar-refractivity contribution in [3.63, 3.8) is 0 Å². The first kappa shape index (κ1) is 20.3. The fraction of sp³-hybridized carbons (Fsp3) is 0.208. The highest BCUT2D eigenvalue weighted by atomic mass is 16.5. The van der Waals surface area contributed by atoms with Crippen molar-refractivity contribution in [2.24, 2.45) is 0 Å². The fourth-order valence-corrected chi connectivity index (χ4v) is 3.08. The molecule has 0 spiro atoms. The topological polar surface area (TPSA) is 50.8 Å². The van der Waals surface area contributed by atoms with Gasteiger partial charge in [0, 0.05) is 13.6 Å². The Morgan fingerprint density at radius 1 is 0.897 bits per heavy atom. The molecule has 3 aromatic rings. The van der Waals surface area contributed by atoms with E-state index in [1.165, 1.54) is 0 Å². The largest absolute Gasteiger partial charge is 0.493 e. The number of ether oxygens (including phenoxy) is 2. The van der Waals surface area contributed by atoms with Crippen LogP contribution in [0.4, 0.5) is 4.79 Å². The zero-order valence-corrected chi connectivity index (χ0v) is 16.8. The molecule has 29 heavy (non-hydrogen) atoms. The first-order chi connectivity index (χ1) is 14.2. The Bertz CT molecular complexity index is 928. The lowest BCUT2D eigenvalue weighted by Gasteiger charge is -2.20. The number of methoxy groups -OCH3 is 1. The maximum absolute atomic E-state index is 12.5. The Balaban J connectivity index is 1.53. The number of nitrogens with zero attached hydrogens (tertiary/aromatic N) is 1. The number of rotatable bonds is 8. The Labute approximate surface area is 171 Å². The van der Waals surface area contributed by atoms with Crippen molar-refractivity contribution in [2.45, 2.75) is 6.54 Å². The van der Waals surface area contributed by atoms with Gasteiger partial charge in [-0.25, -0.2) is 4.79 Å². The maximum Gasteiger partial charge on any atom is 0.317 e. The molecule has 0 saturated heterocycles. The van der Waals surface area contributed by atoms with Gasteiger partial charge in [0.1, 0.15) is 6.61 Å². The van der Waals surface area contributed by atoms with Gasteiger partial charge in [0.2, 0.25) is 0 Å². The Morgan fingerprint density at radius 2 is 1.55 bits per heavy atom. The maximum atomic E-state index is 12.5. The van der Waals surface area contributed by atoms with Crippen LogP contribution in [0.25, 0.3) is 11.1 Å². The predicted octanol–water partition coefficient (Wildman–Crippen LogP) is 4.58. The summed E-state index contributed by atoms with van der Waals surface area (Å²) >= 11 is 0. The van der Waals surface area contributed by atoms with Crippen LogP contribution in [-0.4, -0.2) is 38.2 Å². The van der Waals surface area contributed by atoms with Crippen molar-refractivity contribution < 1.29 is 14.3 Å². The molecule has 5 heteroatoms. The molecule has 0 heterocycles. The minimum absolute atomic E-state index is 0.142. The zero-order valence-electron chi connectivity index (χ0n) is 16.8. The van der Waals surface area contributed by atoms with E-state index in [4.69, 9.17) is 9.47 Å². The summed E-state index contributed by atoms with van der Waals surface area (Å²) in [4.78, 5) is 14.1. The molecular weight excluding hydrogens is 364 g/mol. The van der Waals surface area contributed by atoms with E-state index in [9.17, 15) is 4.79 Å². The van der Waals surface area contributed by atoms with Crippen LogP contribution in [0.15, 0.2) is 78.9 Å². The van der Waals surface area contributed by atoms with Crippen LogP contribution in [0, 0.1) is 0 Å². The van der Waals surface area contributed by atoms with Gasteiger partial charge in [-0.1, -0.05) is 66.7 Å². The smallest absolute Gasteiger partial charge is 0.317 e. The van der Waals surface area contributed by atoms with Gasteiger partial charge in [-0.3, -0.25) is 0 Å². The molecule has 0 bridgehead atoms. The van der Waals surface area contributed by atoms with Crippen molar-refractivity contribution in [1.29, 1.82) is 0 Å². The number of nitrogens with one attached hydrogen (secondary N) is 1. The van der Waals surface area contributed by atoms with Gasteiger partial charge in [0.25, 0.3) is 0 Å². The number of benzene rings is 3. The average Bonchev–Trinajstić information content (AvgIpc) is 2.77. The third kappa shape index (κ3) is 5.51. The van der Waals surface area contributed by atoms with Crippen LogP contribution in [0.2, 0.25) is 0 Å². The molecule has 0 aliphatic heterocycles. The molecule has 3 aromatic carbocycles. The van der Waals surface area contributed by atoms with Crippen LogP contribution in [0.5, 0.6) is 11.5 Å². The first-order valence-corrected chi connectivity index (χ1v) is 9.57. The molecular formula is C24H26N2O3. The van der Waals surface area contributed by atoms with Crippen LogP contribution in [0.3, 0.4) is 0 Å². The number of carbonyl (C=O) groups excluding carboxylic acids is 1. The molecule has 0 atom stereocenters. The average molecular weight is 390 g/mol. The normalized spacial score (nSPS) is 10.3. The van der Waals surface area contributed by atoms with Gasteiger partial charge in [-0.2, -0.15) is 0 Å². The lowest BCUT2D eigenvalue weighted by molar-refractivity contribution is 0.203. The van der Waals surface area contributed by atoms with E-state index in [2.05, 4.69) is 29.6 Å². The molecule has 150 valence electrons. The molecule has 3 rings (SSSR count). The molecule has 0 radical (unpaired) electrons. The summed E-state index contributed by atoms with van der Waals surface area (Å²) in [6, 6.07) is 25.6. The second-order valence-electron chi connectivity index (χ2n) is 6.61. The van der Waals surface area contributed by atoms with Crippen molar-refractivity contribution in [1.82, 2.24) is 10.2 Å². The predicted molar refractivity (Wildman–Crippen MR) is 115 cm³/mol. The SMILES string of the molecule is COc1ccccc1OCCNC(=O)N(C)Cc1ccccc1-c1ccccc1. The van der Waals surface area contributed by atoms with Gasteiger partial charge in [-0.05, 0) is 28.8 Å². The van der Waals surface area contributed by atoms with Crippen molar-refractivity contribution in [3.8, 4) is 22.6 Å². The van der Waals surface area contributed by atoms with E-state index >= 15 is 0 Å². The first-order valence-electron chi connectivity index (χ1n) is 9.57. The number of urea groups is 1. The third-order valence-corrected chi connectivity index (χ3v) is 4.56. The fourth-order valence-electron chi connectivity index (χ4n) is 3.08. The van der Waals surface area contributed by atoms with E-state index in [-0.39, 0.29) is 6.03 Å². The Kier molecular flexibility index (Phi) is 7.11. The molecule has 0 fully saturated rings. The minimum atomic E-state index is -0.142. The molecule has 2 amide bonds. The summed E-state index contributed by atoms with van der Waals surface area (Å²) < 4.78 is 11.0. The second-order valence-corrected chi connectivity index (χ2v) is 6.61. The van der Waals surface area contributed by atoms with Gasteiger partial charge < -0.3 is 19.7 Å². The third-order valence-electron chi connectivity index (χ3n) is 4.56. The summed E-state index contributed by atoms with van der Waals surface area (Å²) in [6.45, 7) is 1.28. The quantitative estimate of drug-likeness (QED) is 0.573. The van der Waals surface area contributed by atoms with E-state index in [0.717, 1.165) is 16.7 Å². The van der Waals surface area contributed by atoms with Crippen molar-refractivity contribution >= 4 is 6.03 Å². The van der Waals surface area contributed by atoms with Gasteiger partial charge in [-0.15, -0.1) is 0 Å². The lowest BCUT2D eigenvalue weighted by Crippen LogP contribution is -2.38. The highest BCUT2D eigenvalue weighted by Gasteiger charge is 2.12. The van der Waals surface area contributed by atoms with E-state index < -0.39 is 0 Å². The Morgan fingerprint density at radius 3 is 2.31 bits per heavy atom. The molecule has 0 saturated carbocycles. The summed E-state index contributed by atoms with van der Waals surface area (Å²) in [5.41, 5.74) is 3.37. The summed E-state index contributed by atoms with van der Waals surface area (Å²) in [6.07, 6.45) is 0. The van der Waals surface area contributed by atoms with E-state index in [1.807, 2.05) is 54.6 Å². The van der Waals surface area contributed by atoms with Crippen LogP contribution >= 0.6 is 0 Å². The summed E-state index contributed by atoms with van der Waals surface area (Å²) in [7, 11) is 3.39. The van der Waals surface area contributed by atoms with Gasteiger partial charge in [0.15, 0.2) is 11.5 Å². The van der Waals surface area contributed by atoms with Gasteiger partial charge >= 0.3 is 6.03 Å². The minimum Gasteiger partial charge on any atom is -0.493 e. The van der Waals surface area contributed by atoms with E-state index in [0.29, 0.717) is 31.2 Å². The summed E-state index contributed by atoms with van der Waals surface area (Å²) in [5, 5.41) is 2.89. The zero-order chi connectivity index (χ0) is 20.5. The van der Waals surface area contributed by atoms with E-state index in [1.54, 1.807) is 19.1 Å². The molecule has 0 unspecified atom stereocenters. The second kappa shape index (κ2) is 10.2. The van der Waals surface area contributed by atoms with Crippen LogP contribution in [0.1, 0.15) is 5.56 Å². The van der Waals surface area contributed by atoms with Crippen molar-refractivity contribution in [3.05, 3.63) is 84.4 Å². The van der Waals surface area contributed by atoms with Crippen LogP contribution < -0.4 is 14.8 Å². The van der Waals surface area contributed by atoms with Crippen molar-refractivity contribution in [2.75, 3.05) is 27.3 Å². The molecule has 0 aliphatic carbocycles. The number of hydrogen-bond acceptors (Lipinski definition) is 3. The lowest BCUT2D eigenvalue weighted by atomic mass is 9.99. The number of hydrogen-bond donors (Lipinski definition) is 1. The number of carbonyl (C=O) groups is 1. The molecule has 0 aromatic heterocycles. The highest BCUT2D eigenvalue weighted by Crippen LogP contribution is 2.26. The number of para-hydroxylation sites is 2. The highest BCUT2D eigenvalue weighted by molar-refractivity contribution is 5.74. The Hall–Kier alpha value is -3.47. The summed E-state index contributed by atoms with van der Waals surface area (Å²) in [5.74, 6) is 1.34. The monoisotopic (exact) mass is 390 g/mol. The number of amides is 2. The molecule has 5 nitrogen and oxygen atoms in total. The molecule has 1 N–H and O–H groups in total. The van der Waals surface area contributed by atoms with Gasteiger partial charge in [0.05, 0.1) is 13.7 Å². The van der Waals surface area contributed by atoms with Crippen LogP contribution in [-0.2, 0) is 6.54 Å². The molecule has 0 aliphatic rings. The standard InChI is InChI=1S/C24H26N2O3/c1-26(18-20-12-6-7-13-21(20)19-10-4-3-5-11-19)24(27)25-16-17-29-23-15-9-8-14-22(23)28-2/h3-15H,16-18H2,1-2H3,(H,25,27).